The Morgan fingerprint density at radius 2 is 1.84 bits per heavy atom. The summed E-state index contributed by atoms with van der Waals surface area (Å²) in [4.78, 5) is 37.0. The minimum atomic E-state index is -0.874. The Bertz CT molecular complexity index is 349. The number of hydrogen-bond acceptors (Lipinski definition) is 3. The number of rotatable bonds is 6. The molecule has 0 aliphatic carbocycles. The molecule has 2 N–H and O–H groups in total. The third-order valence-corrected chi connectivity index (χ3v) is 3.25. The highest BCUT2D eigenvalue weighted by Crippen LogP contribution is 2.15. The Morgan fingerprint density at radius 1 is 1.26 bits per heavy atom. The maximum atomic E-state index is 11.7. The summed E-state index contributed by atoms with van der Waals surface area (Å²) in [7, 11) is 0. The summed E-state index contributed by atoms with van der Waals surface area (Å²) in [5.74, 6) is -1.32. The SMILES string of the molecule is CCN(CC)C(=O)CCNC(=O)N1CC(C(=O)O)C1. The molecule has 1 rings (SSSR count). The van der Waals surface area contributed by atoms with Crippen molar-refractivity contribution in [3.8, 4) is 0 Å². The zero-order valence-electron chi connectivity index (χ0n) is 11.4. The Kier molecular flexibility index (Phi) is 5.59. The highest BCUT2D eigenvalue weighted by molar-refractivity contribution is 5.81. The van der Waals surface area contributed by atoms with Crippen LogP contribution in [-0.4, -0.2) is 65.5 Å². The zero-order chi connectivity index (χ0) is 14.4. The number of carbonyl (C=O) groups excluding carboxylic acids is 2. The molecular formula is C12H21N3O4. The largest absolute Gasteiger partial charge is 0.481 e. The second kappa shape index (κ2) is 6.96. The predicted octanol–water partition coefficient (Wildman–Crippen LogP) is -0.0291. The highest BCUT2D eigenvalue weighted by Gasteiger charge is 2.35. The number of carboxylic acids is 1. The smallest absolute Gasteiger partial charge is 0.317 e. The van der Waals surface area contributed by atoms with Crippen LogP contribution in [0, 0.1) is 5.92 Å². The van der Waals surface area contributed by atoms with Crippen LogP contribution in [-0.2, 0) is 9.59 Å². The van der Waals surface area contributed by atoms with E-state index in [4.69, 9.17) is 5.11 Å². The maximum Gasteiger partial charge on any atom is 0.317 e. The predicted molar refractivity (Wildman–Crippen MR) is 68.6 cm³/mol. The van der Waals surface area contributed by atoms with Gasteiger partial charge in [-0.3, -0.25) is 9.59 Å². The molecule has 108 valence electrons. The lowest BCUT2D eigenvalue weighted by Crippen LogP contribution is -2.56. The van der Waals surface area contributed by atoms with Gasteiger partial charge in [0.25, 0.3) is 0 Å². The Labute approximate surface area is 112 Å². The monoisotopic (exact) mass is 271 g/mol. The lowest BCUT2D eigenvalue weighted by Gasteiger charge is -2.36. The molecule has 0 bridgehead atoms. The van der Waals surface area contributed by atoms with Crippen LogP contribution >= 0.6 is 0 Å². The van der Waals surface area contributed by atoms with Crippen molar-refractivity contribution in [3.05, 3.63) is 0 Å². The molecule has 0 aromatic rings. The molecule has 0 atom stereocenters. The number of likely N-dealkylation sites (tertiary alicyclic amines) is 1. The van der Waals surface area contributed by atoms with Gasteiger partial charge in [0.1, 0.15) is 0 Å². The summed E-state index contributed by atoms with van der Waals surface area (Å²) in [5, 5.41) is 11.3. The van der Waals surface area contributed by atoms with Gasteiger partial charge in [-0.2, -0.15) is 0 Å². The quantitative estimate of drug-likeness (QED) is 0.710. The van der Waals surface area contributed by atoms with Gasteiger partial charge >= 0.3 is 12.0 Å². The fourth-order valence-electron chi connectivity index (χ4n) is 1.92. The molecule has 1 heterocycles. The molecule has 0 unspecified atom stereocenters. The van der Waals surface area contributed by atoms with Crippen LogP contribution in [0.2, 0.25) is 0 Å². The first-order valence-corrected chi connectivity index (χ1v) is 6.52. The lowest BCUT2D eigenvalue weighted by molar-refractivity contribution is -0.146. The van der Waals surface area contributed by atoms with Crippen molar-refractivity contribution >= 4 is 17.9 Å². The number of amides is 3. The highest BCUT2D eigenvalue weighted by atomic mass is 16.4. The molecule has 3 amide bonds. The average molecular weight is 271 g/mol. The number of aliphatic carboxylic acids is 1. The Hall–Kier alpha value is -1.79. The molecular weight excluding hydrogens is 250 g/mol. The van der Waals surface area contributed by atoms with Gasteiger partial charge in [0.15, 0.2) is 0 Å². The summed E-state index contributed by atoms with van der Waals surface area (Å²) < 4.78 is 0. The van der Waals surface area contributed by atoms with Crippen molar-refractivity contribution in [2.75, 3.05) is 32.7 Å². The average Bonchev–Trinajstić information content (AvgIpc) is 2.28. The molecule has 19 heavy (non-hydrogen) atoms. The van der Waals surface area contributed by atoms with Gasteiger partial charge in [-0.15, -0.1) is 0 Å². The normalized spacial score (nSPS) is 14.7. The van der Waals surface area contributed by atoms with E-state index in [1.807, 2.05) is 13.8 Å². The molecule has 7 nitrogen and oxygen atoms in total. The number of carboxylic acid groups (broad SMARTS) is 1. The van der Waals surface area contributed by atoms with Gasteiger partial charge in [0.2, 0.25) is 5.91 Å². The van der Waals surface area contributed by atoms with Gasteiger partial charge in [-0.1, -0.05) is 0 Å². The van der Waals surface area contributed by atoms with Crippen LogP contribution in [0.25, 0.3) is 0 Å². The summed E-state index contributed by atoms with van der Waals surface area (Å²) in [6.07, 6.45) is 0.267. The van der Waals surface area contributed by atoms with Crippen molar-refractivity contribution in [2.24, 2.45) is 5.92 Å². The minimum Gasteiger partial charge on any atom is -0.481 e. The fraction of sp³-hybridized carbons (Fsp3) is 0.750. The van der Waals surface area contributed by atoms with Crippen LogP contribution in [0.3, 0.4) is 0 Å². The number of hydrogen-bond donors (Lipinski definition) is 2. The number of nitrogens with one attached hydrogen (secondary N) is 1. The van der Waals surface area contributed by atoms with Crippen LogP contribution in [0.15, 0.2) is 0 Å². The molecule has 0 aromatic carbocycles. The minimum absolute atomic E-state index is 0.0114. The van der Waals surface area contributed by atoms with E-state index in [1.54, 1.807) is 4.90 Å². The molecule has 1 saturated heterocycles. The Morgan fingerprint density at radius 3 is 2.32 bits per heavy atom. The van der Waals surface area contributed by atoms with Crippen LogP contribution in [0.1, 0.15) is 20.3 Å². The lowest BCUT2D eigenvalue weighted by atomic mass is 10.0. The van der Waals surface area contributed by atoms with E-state index in [0.29, 0.717) is 13.1 Å². The molecule has 0 spiro atoms. The van der Waals surface area contributed by atoms with Gasteiger partial charge in [-0.05, 0) is 13.8 Å². The van der Waals surface area contributed by atoms with Gasteiger partial charge < -0.3 is 20.2 Å². The fourth-order valence-corrected chi connectivity index (χ4v) is 1.92. The van der Waals surface area contributed by atoms with Gasteiger partial charge in [0, 0.05) is 39.1 Å². The third-order valence-electron chi connectivity index (χ3n) is 3.25. The van der Waals surface area contributed by atoms with Crippen LogP contribution in [0.4, 0.5) is 4.79 Å². The summed E-state index contributed by atoms with van der Waals surface area (Å²) in [5.41, 5.74) is 0. The summed E-state index contributed by atoms with van der Waals surface area (Å²) >= 11 is 0. The molecule has 7 heteroatoms. The van der Waals surface area contributed by atoms with Crippen molar-refractivity contribution in [1.29, 1.82) is 0 Å². The molecule has 0 saturated carbocycles. The number of carbonyl (C=O) groups is 3. The van der Waals surface area contributed by atoms with E-state index in [0.717, 1.165) is 0 Å². The van der Waals surface area contributed by atoms with Crippen LogP contribution in [0.5, 0.6) is 0 Å². The van der Waals surface area contributed by atoms with E-state index < -0.39 is 11.9 Å². The molecule has 0 radical (unpaired) electrons. The number of nitrogens with zero attached hydrogens (tertiary/aromatic N) is 2. The van der Waals surface area contributed by atoms with Crippen LogP contribution < -0.4 is 5.32 Å². The van der Waals surface area contributed by atoms with E-state index in [9.17, 15) is 14.4 Å². The topological polar surface area (TPSA) is 90.0 Å². The standard InChI is InChI=1S/C12H21N3O4/c1-3-14(4-2)10(16)5-6-13-12(19)15-7-9(8-15)11(17)18/h9H,3-8H2,1-2H3,(H,13,19)(H,17,18). The first-order valence-electron chi connectivity index (χ1n) is 6.52. The second-order valence-electron chi connectivity index (χ2n) is 4.49. The van der Waals surface area contributed by atoms with E-state index in [1.165, 1.54) is 4.90 Å². The zero-order valence-corrected chi connectivity index (χ0v) is 11.4. The number of urea groups is 1. The Balaban J connectivity index is 2.18. The molecule has 1 aliphatic heterocycles. The first-order chi connectivity index (χ1) is 8.99. The first kappa shape index (κ1) is 15.3. The van der Waals surface area contributed by atoms with Crippen molar-refractivity contribution in [3.63, 3.8) is 0 Å². The van der Waals surface area contributed by atoms with Gasteiger partial charge in [-0.25, -0.2) is 4.79 Å². The summed E-state index contributed by atoms with van der Waals surface area (Å²) in [6, 6.07) is -0.301. The van der Waals surface area contributed by atoms with Crippen molar-refractivity contribution in [2.45, 2.75) is 20.3 Å². The maximum absolute atomic E-state index is 11.7. The third kappa shape index (κ3) is 4.11. The summed E-state index contributed by atoms with van der Waals surface area (Å²) in [6.45, 7) is 5.91. The van der Waals surface area contributed by atoms with Gasteiger partial charge in [0.05, 0.1) is 5.92 Å². The van der Waals surface area contributed by atoms with E-state index in [-0.39, 0.29) is 38.0 Å². The van der Waals surface area contributed by atoms with Crippen molar-refractivity contribution < 1.29 is 19.5 Å². The van der Waals surface area contributed by atoms with E-state index >= 15 is 0 Å². The van der Waals surface area contributed by atoms with Crippen molar-refractivity contribution in [1.82, 2.24) is 15.1 Å². The molecule has 0 aromatic heterocycles. The molecule has 1 fully saturated rings. The second-order valence-corrected chi connectivity index (χ2v) is 4.49. The van der Waals surface area contributed by atoms with E-state index in [2.05, 4.69) is 5.32 Å². The molecule has 1 aliphatic rings.